The molecule has 0 N–H and O–H groups in total. The van der Waals surface area contributed by atoms with Crippen LogP contribution in [0, 0.1) is 16.7 Å². The SMILES string of the molecule is CC(C)(C)C(=O)C(C#N)=c1sc(=Cc2ccc(OC(F)F)cc2)c(=O)n1Cc1ccccc1. The van der Waals surface area contributed by atoms with E-state index in [0.717, 1.165) is 16.9 Å². The number of rotatable bonds is 6. The second-order valence-corrected chi connectivity index (χ2v) is 9.34. The highest BCUT2D eigenvalue weighted by atomic mass is 32.1. The Labute approximate surface area is 193 Å². The summed E-state index contributed by atoms with van der Waals surface area (Å²) in [6, 6.07) is 17.1. The van der Waals surface area contributed by atoms with Crippen LogP contribution in [0.1, 0.15) is 31.9 Å². The second kappa shape index (κ2) is 9.92. The number of hydrogen-bond donors (Lipinski definition) is 0. The monoisotopic (exact) mass is 468 g/mol. The van der Waals surface area contributed by atoms with Crippen molar-refractivity contribution in [1.29, 1.82) is 5.26 Å². The molecule has 0 radical (unpaired) electrons. The lowest BCUT2D eigenvalue weighted by atomic mass is 9.87. The lowest BCUT2D eigenvalue weighted by Gasteiger charge is -2.15. The molecule has 3 aromatic rings. The van der Waals surface area contributed by atoms with Crippen molar-refractivity contribution in [3.63, 3.8) is 0 Å². The minimum Gasteiger partial charge on any atom is -0.435 e. The molecule has 170 valence electrons. The number of ether oxygens (including phenoxy) is 1. The largest absolute Gasteiger partial charge is 0.435 e. The van der Waals surface area contributed by atoms with Gasteiger partial charge >= 0.3 is 6.61 Å². The fraction of sp³-hybridized carbons (Fsp3) is 0.240. The molecule has 0 unspecified atom stereocenters. The van der Waals surface area contributed by atoms with Gasteiger partial charge in [-0.3, -0.25) is 14.2 Å². The molecule has 0 aliphatic heterocycles. The van der Waals surface area contributed by atoms with E-state index < -0.39 is 12.0 Å². The van der Waals surface area contributed by atoms with Crippen LogP contribution in [0.3, 0.4) is 0 Å². The van der Waals surface area contributed by atoms with Gasteiger partial charge < -0.3 is 4.74 Å². The molecule has 0 atom stereocenters. The van der Waals surface area contributed by atoms with E-state index in [9.17, 15) is 23.6 Å². The number of halogens is 2. The Morgan fingerprint density at radius 2 is 1.79 bits per heavy atom. The lowest BCUT2D eigenvalue weighted by molar-refractivity contribution is -0.120. The van der Waals surface area contributed by atoms with Crippen LogP contribution in [0.25, 0.3) is 11.6 Å². The lowest BCUT2D eigenvalue weighted by Crippen LogP contribution is -2.34. The number of aromatic nitrogens is 1. The van der Waals surface area contributed by atoms with E-state index in [0.29, 0.717) is 10.1 Å². The Hall–Kier alpha value is -3.57. The summed E-state index contributed by atoms with van der Waals surface area (Å²) < 4.78 is 31.1. The predicted octanol–water partition coefficient (Wildman–Crippen LogP) is 3.68. The number of benzene rings is 2. The van der Waals surface area contributed by atoms with Gasteiger partial charge in [-0.05, 0) is 29.3 Å². The zero-order chi connectivity index (χ0) is 24.2. The zero-order valence-electron chi connectivity index (χ0n) is 18.3. The molecule has 2 aromatic carbocycles. The Kier molecular flexibility index (Phi) is 7.24. The molecule has 0 aliphatic rings. The minimum atomic E-state index is -2.93. The molecule has 8 heteroatoms. The first kappa shape index (κ1) is 24.1. The predicted molar refractivity (Wildman–Crippen MR) is 123 cm³/mol. The molecule has 33 heavy (non-hydrogen) atoms. The van der Waals surface area contributed by atoms with Gasteiger partial charge in [-0.25, -0.2) is 0 Å². The number of nitriles is 1. The molecule has 0 spiro atoms. The second-order valence-electron chi connectivity index (χ2n) is 8.31. The van der Waals surface area contributed by atoms with E-state index in [1.165, 1.54) is 16.7 Å². The number of carbonyl (C=O) groups excluding carboxylic acids is 1. The number of nitrogens with zero attached hydrogens (tertiary/aromatic N) is 2. The van der Waals surface area contributed by atoms with Crippen molar-refractivity contribution < 1.29 is 18.3 Å². The van der Waals surface area contributed by atoms with E-state index in [1.807, 2.05) is 36.4 Å². The molecular weight excluding hydrogens is 446 g/mol. The van der Waals surface area contributed by atoms with Gasteiger partial charge in [-0.1, -0.05) is 63.2 Å². The van der Waals surface area contributed by atoms with Crippen LogP contribution in [0.4, 0.5) is 8.78 Å². The number of alkyl halides is 2. The first-order chi connectivity index (χ1) is 15.6. The van der Waals surface area contributed by atoms with Crippen molar-refractivity contribution in [2.24, 2.45) is 5.41 Å². The van der Waals surface area contributed by atoms with Gasteiger partial charge in [-0.15, -0.1) is 11.3 Å². The summed E-state index contributed by atoms with van der Waals surface area (Å²) in [5.74, 6) is -0.348. The van der Waals surface area contributed by atoms with E-state index >= 15 is 0 Å². The molecule has 0 aliphatic carbocycles. The fourth-order valence-corrected chi connectivity index (χ4v) is 4.18. The quantitative estimate of drug-likeness (QED) is 0.553. The molecule has 0 bridgehead atoms. The van der Waals surface area contributed by atoms with Gasteiger partial charge in [-0.2, -0.15) is 14.0 Å². The Balaban J connectivity index is 2.21. The summed E-state index contributed by atoms with van der Waals surface area (Å²) in [4.78, 5) is 26.2. The van der Waals surface area contributed by atoms with Gasteiger partial charge in [0.1, 0.15) is 22.1 Å². The highest BCUT2D eigenvalue weighted by molar-refractivity contribution is 7.07. The van der Waals surface area contributed by atoms with Crippen LogP contribution in [-0.2, 0) is 11.3 Å². The maximum atomic E-state index is 13.3. The summed E-state index contributed by atoms with van der Waals surface area (Å²) in [6.07, 6.45) is 1.60. The third kappa shape index (κ3) is 5.82. The van der Waals surface area contributed by atoms with Crippen LogP contribution < -0.4 is 19.5 Å². The maximum absolute atomic E-state index is 13.3. The van der Waals surface area contributed by atoms with Gasteiger partial charge in [0, 0.05) is 5.41 Å². The standard InChI is InChI=1S/C25H22F2N2O3S/c1-25(2,3)21(30)19(14-28)23-29(15-17-7-5-4-6-8-17)22(31)20(33-23)13-16-9-11-18(12-10-16)32-24(26)27/h4-13,24H,15H2,1-3H3. The van der Waals surface area contributed by atoms with Crippen molar-refractivity contribution in [3.05, 3.63) is 85.3 Å². The van der Waals surface area contributed by atoms with Crippen molar-refractivity contribution in [2.75, 3.05) is 0 Å². The van der Waals surface area contributed by atoms with Gasteiger partial charge in [0.05, 0.1) is 11.1 Å². The Morgan fingerprint density at radius 1 is 1.15 bits per heavy atom. The molecule has 0 saturated carbocycles. The molecule has 1 heterocycles. The number of ketones is 1. The maximum Gasteiger partial charge on any atom is 0.387 e. The number of Topliss-reactive ketones (excluding diaryl/α,β-unsaturated/α-hetero) is 1. The van der Waals surface area contributed by atoms with E-state index in [1.54, 1.807) is 39.0 Å². The highest BCUT2D eigenvalue weighted by Crippen LogP contribution is 2.20. The number of hydrogen-bond acceptors (Lipinski definition) is 5. The van der Waals surface area contributed by atoms with Crippen molar-refractivity contribution in [3.8, 4) is 11.8 Å². The minimum absolute atomic E-state index is 0.00591. The zero-order valence-corrected chi connectivity index (χ0v) is 19.2. The number of thiazole rings is 1. The van der Waals surface area contributed by atoms with Crippen LogP contribution in [0.5, 0.6) is 5.75 Å². The van der Waals surface area contributed by atoms with E-state index in [-0.39, 0.29) is 33.9 Å². The number of carbonyl (C=O) groups is 1. The Bertz CT molecular complexity index is 1360. The molecular formula is C25H22F2N2O3S. The van der Waals surface area contributed by atoms with Crippen LogP contribution in [-0.4, -0.2) is 17.0 Å². The summed E-state index contributed by atoms with van der Waals surface area (Å²) in [7, 11) is 0. The van der Waals surface area contributed by atoms with Crippen molar-refractivity contribution >= 4 is 28.8 Å². The van der Waals surface area contributed by atoms with Crippen molar-refractivity contribution in [1.82, 2.24) is 4.57 Å². The van der Waals surface area contributed by atoms with Gasteiger partial charge in [0.2, 0.25) is 0 Å². The third-order valence-corrected chi connectivity index (χ3v) is 5.86. The summed E-state index contributed by atoms with van der Waals surface area (Å²) in [5.41, 5.74) is 0.225. The molecule has 0 fully saturated rings. The van der Waals surface area contributed by atoms with Crippen LogP contribution >= 0.6 is 11.3 Å². The molecule has 0 saturated heterocycles. The van der Waals surface area contributed by atoms with E-state index in [2.05, 4.69) is 4.74 Å². The average Bonchev–Trinajstić information content (AvgIpc) is 3.05. The summed E-state index contributed by atoms with van der Waals surface area (Å²) in [5, 5.41) is 9.79. The first-order valence-electron chi connectivity index (χ1n) is 10.1. The average molecular weight is 469 g/mol. The fourth-order valence-electron chi connectivity index (χ4n) is 3.08. The molecule has 1 aromatic heterocycles. The van der Waals surface area contributed by atoms with Gasteiger partial charge in [0.25, 0.3) is 5.56 Å². The van der Waals surface area contributed by atoms with Crippen molar-refractivity contribution in [2.45, 2.75) is 33.9 Å². The highest BCUT2D eigenvalue weighted by Gasteiger charge is 2.27. The smallest absolute Gasteiger partial charge is 0.387 e. The summed E-state index contributed by atoms with van der Waals surface area (Å²) >= 11 is 1.06. The van der Waals surface area contributed by atoms with E-state index in [4.69, 9.17) is 0 Å². The van der Waals surface area contributed by atoms with Crippen LogP contribution in [0.15, 0.2) is 59.4 Å². The Morgan fingerprint density at radius 3 is 2.33 bits per heavy atom. The molecule has 5 nitrogen and oxygen atoms in total. The summed E-state index contributed by atoms with van der Waals surface area (Å²) in [6.45, 7) is 2.43. The van der Waals surface area contributed by atoms with Crippen LogP contribution in [0.2, 0.25) is 0 Å². The first-order valence-corrected chi connectivity index (χ1v) is 10.9. The third-order valence-electron chi connectivity index (χ3n) is 4.73. The van der Waals surface area contributed by atoms with Gasteiger partial charge in [0.15, 0.2) is 5.78 Å². The molecule has 3 rings (SSSR count). The topological polar surface area (TPSA) is 72.1 Å². The molecule has 0 amide bonds. The normalized spacial score (nSPS) is 13.1.